The number of methoxy groups -OCH3 is 1. The molecule has 2 aliphatic carbocycles. The molecule has 0 radical (unpaired) electrons. The molecule has 1 amide bonds. The second-order valence-corrected chi connectivity index (χ2v) is 11.1. The molecular weight excluding hydrogens is 548 g/mol. The molecule has 0 spiro atoms. The number of nitrogens with one attached hydrogen (secondary N) is 1. The third-order valence-electron chi connectivity index (χ3n) is 7.67. The van der Waals surface area contributed by atoms with Gasteiger partial charge < -0.3 is 29.2 Å². The number of esters is 1. The van der Waals surface area contributed by atoms with Crippen molar-refractivity contribution in [2.45, 2.75) is 32.6 Å². The Labute approximate surface area is 250 Å². The summed E-state index contributed by atoms with van der Waals surface area (Å²) in [4.78, 5) is 35.2. The van der Waals surface area contributed by atoms with Gasteiger partial charge in [-0.15, -0.1) is 0 Å². The molecule has 4 aromatic rings. The Balaban J connectivity index is 0.000000220. The number of ether oxygens (including phenoxy) is 3. The number of amides is 1. The number of aromatic carboxylic acids is 1. The molecule has 2 aliphatic rings. The highest BCUT2D eigenvalue weighted by atomic mass is 16.5. The van der Waals surface area contributed by atoms with Crippen molar-refractivity contribution in [3.8, 4) is 11.5 Å². The number of rotatable bonds is 10. The van der Waals surface area contributed by atoms with Gasteiger partial charge in [0.05, 0.1) is 25.9 Å². The smallest absolute Gasteiger partial charge is 0.354 e. The van der Waals surface area contributed by atoms with Crippen molar-refractivity contribution in [1.82, 2.24) is 4.57 Å². The lowest BCUT2D eigenvalue weighted by Crippen LogP contribution is -2.11. The summed E-state index contributed by atoms with van der Waals surface area (Å²) in [5, 5.41) is 12.5. The zero-order valence-electron chi connectivity index (χ0n) is 24.6. The van der Waals surface area contributed by atoms with Crippen molar-refractivity contribution in [3.05, 3.63) is 89.1 Å². The van der Waals surface area contributed by atoms with E-state index in [-0.39, 0.29) is 11.9 Å². The average molecular weight is 585 g/mol. The number of nitrogens with zero attached hydrogens (tertiary/aromatic N) is 1. The van der Waals surface area contributed by atoms with Crippen molar-refractivity contribution in [3.63, 3.8) is 0 Å². The van der Waals surface area contributed by atoms with Crippen LogP contribution in [0, 0.1) is 18.8 Å². The van der Waals surface area contributed by atoms with E-state index in [2.05, 4.69) is 5.32 Å². The number of anilines is 1. The minimum absolute atomic E-state index is 0.195. The van der Waals surface area contributed by atoms with Gasteiger partial charge in [-0.3, -0.25) is 4.79 Å². The van der Waals surface area contributed by atoms with Crippen LogP contribution in [0.3, 0.4) is 0 Å². The summed E-state index contributed by atoms with van der Waals surface area (Å²) < 4.78 is 17.9. The third-order valence-corrected chi connectivity index (χ3v) is 7.67. The fourth-order valence-electron chi connectivity index (χ4n) is 4.69. The van der Waals surface area contributed by atoms with Crippen molar-refractivity contribution >= 4 is 34.4 Å². The average Bonchev–Trinajstić information content (AvgIpc) is 3.95. The number of fused-ring (bicyclic) bond motifs is 1. The minimum Gasteiger partial charge on any atom is -0.493 e. The maximum atomic E-state index is 12.6. The predicted molar refractivity (Wildman–Crippen MR) is 163 cm³/mol. The van der Waals surface area contributed by atoms with Gasteiger partial charge in [0, 0.05) is 29.2 Å². The van der Waals surface area contributed by atoms with E-state index in [4.69, 9.17) is 19.3 Å². The number of carboxylic acids is 1. The van der Waals surface area contributed by atoms with Crippen LogP contribution in [-0.2, 0) is 11.8 Å². The summed E-state index contributed by atoms with van der Waals surface area (Å²) >= 11 is 0. The highest BCUT2D eigenvalue weighted by molar-refractivity contribution is 6.06. The largest absolute Gasteiger partial charge is 0.493 e. The van der Waals surface area contributed by atoms with Gasteiger partial charge in [-0.2, -0.15) is 0 Å². The molecule has 1 heterocycles. The van der Waals surface area contributed by atoms with E-state index in [0.717, 1.165) is 41.2 Å². The topological polar surface area (TPSA) is 116 Å². The minimum atomic E-state index is -0.904. The first-order chi connectivity index (χ1) is 20.7. The number of hydrogen-bond acceptors (Lipinski definition) is 6. The summed E-state index contributed by atoms with van der Waals surface area (Å²) in [5.41, 5.74) is 3.75. The molecule has 1 aromatic heterocycles. The van der Waals surface area contributed by atoms with E-state index >= 15 is 0 Å². The van der Waals surface area contributed by atoms with Gasteiger partial charge in [0.2, 0.25) is 0 Å². The normalized spacial score (nSPS) is 13.9. The number of aryl methyl sites for hydroxylation is 2. The summed E-state index contributed by atoms with van der Waals surface area (Å²) in [7, 11) is 3.19. The number of aromatic nitrogens is 1. The monoisotopic (exact) mass is 584 g/mol. The highest BCUT2D eigenvalue weighted by Gasteiger charge is 2.23. The van der Waals surface area contributed by atoms with E-state index in [9.17, 15) is 14.4 Å². The summed E-state index contributed by atoms with van der Waals surface area (Å²) in [6.07, 6.45) is 5.00. The predicted octanol–water partition coefficient (Wildman–Crippen LogP) is 6.49. The molecule has 43 heavy (non-hydrogen) atoms. The second-order valence-electron chi connectivity index (χ2n) is 11.1. The summed E-state index contributed by atoms with van der Waals surface area (Å²) in [6, 6.07) is 19.3. The fraction of sp³-hybridized carbons (Fsp3) is 0.324. The molecule has 224 valence electrons. The van der Waals surface area contributed by atoms with Crippen LogP contribution in [0.5, 0.6) is 11.5 Å². The maximum Gasteiger partial charge on any atom is 0.354 e. The lowest BCUT2D eigenvalue weighted by atomic mass is 10.1. The number of carbonyl (C=O) groups is 3. The molecule has 2 fully saturated rings. The van der Waals surface area contributed by atoms with Gasteiger partial charge in [-0.1, -0.05) is 0 Å². The number of carboxylic acid groups (broad SMARTS) is 1. The Morgan fingerprint density at radius 1 is 0.837 bits per heavy atom. The number of benzene rings is 3. The molecule has 9 nitrogen and oxygen atoms in total. The van der Waals surface area contributed by atoms with Crippen LogP contribution in [0.4, 0.5) is 5.69 Å². The quantitative estimate of drug-likeness (QED) is 0.205. The SMILES string of the molecule is COC(=O)c1c(C)c2cc(NC(=O)c3ccc(OCC4CC4)cc3)ccc2n1C.O=C(O)c1ccc(OCC2CC2)cc1. The number of hydrogen-bond donors (Lipinski definition) is 2. The Morgan fingerprint density at radius 2 is 1.37 bits per heavy atom. The first-order valence-electron chi connectivity index (χ1n) is 14.4. The third kappa shape index (κ3) is 7.54. The Hall–Kier alpha value is -4.79. The van der Waals surface area contributed by atoms with Crippen LogP contribution < -0.4 is 14.8 Å². The van der Waals surface area contributed by atoms with Gasteiger partial charge in [-0.05, 0) is 117 Å². The molecule has 3 aromatic carbocycles. The first-order valence-corrected chi connectivity index (χ1v) is 14.4. The van der Waals surface area contributed by atoms with E-state index in [1.807, 2.05) is 48.9 Å². The molecule has 0 unspecified atom stereocenters. The van der Waals surface area contributed by atoms with E-state index in [1.54, 1.807) is 36.4 Å². The highest BCUT2D eigenvalue weighted by Crippen LogP contribution is 2.31. The van der Waals surface area contributed by atoms with Gasteiger partial charge in [0.1, 0.15) is 17.2 Å². The standard InChI is InChI=1S/C23H24N2O4.C11H12O3/c1-14-19-12-17(8-11-20(19)25(2)21(14)23(27)28-3)24-22(26)16-6-9-18(10-7-16)29-13-15-4-5-15;12-11(13)9-3-5-10(6-4-9)14-7-8-1-2-8/h6-12,15H,4-5,13H2,1-3H3,(H,24,26);3-6,8H,1-2,7H2,(H,12,13). The van der Waals surface area contributed by atoms with Crippen molar-refractivity contribution < 1.29 is 33.7 Å². The first kappa shape index (κ1) is 29.7. The van der Waals surface area contributed by atoms with Gasteiger partial charge >= 0.3 is 11.9 Å². The molecule has 0 atom stereocenters. The summed E-state index contributed by atoms with van der Waals surface area (Å²) in [5.74, 6) is 1.46. The number of carbonyl (C=O) groups excluding carboxylic acids is 2. The van der Waals surface area contributed by atoms with Gasteiger partial charge in [0.25, 0.3) is 5.91 Å². The van der Waals surface area contributed by atoms with E-state index in [0.29, 0.717) is 34.3 Å². The Kier molecular flexibility index (Phi) is 8.99. The lowest BCUT2D eigenvalue weighted by Gasteiger charge is -2.08. The molecule has 0 bridgehead atoms. The van der Waals surface area contributed by atoms with Gasteiger partial charge in [-0.25, -0.2) is 9.59 Å². The van der Waals surface area contributed by atoms with Gasteiger partial charge in [0.15, 0.2) is 0 Å². The van der Waals surface area contributed by atoms with Crippen molar-refractivity contribution in [2.75, 3.05) is 25.6 Å². The zero-order valence-corrected chi connectivity index (χ0v) is 24.6. The Bertz CT molecular complexity index is 1620. The molecule has 2 N–H and O–H groups in total. The van der Waals surface area contributed by atoms with Crippen LogP contribution in [0.25, 0.3) is 10.9 Å². The van der Waals surface area contributed by atoms with E-state index < -0.39 is 5.97 Å². The van der Waals surface area contributed by atoms with Crippen LogP contribution in [0.1, 0.15) is 62.5 Å². The lowest BCUT2D eigenvalue weighted by molar-refractivity contribution is 0.0588. The maximum absolute atomic E-state index is 12.6. The molecule has 0 aliphatic heterocycles. The summed E-state index contributed by atoms with van der Waals surface area (Å²) in [6.45, 7) is 3.38. The van der Waals surface area contributed by atoms with Crippen LogP contribution in [0.15, 0.2) is 66.7 Å². The van der Waals surface area contributed by atoms with Crippen LogP contribution in [0.2, 0.25) is 0 Å². The van der Waals surface area contributed by atoms with Crippen molar-refractivity contribution in [1.29, 1.82) is 0 Å². The fourth-order valence-corrected chi connectivity index (χ4v) is 4.69. The van der Waals surface area contributed by atoms with Crippen LogP contribution >= 0.6 is 0 Å². The van der Waals surface area contributed by atoms with E-state index in [1.165, 1.54) is 32.8 Å². The zero-order chi connectivity index (χ0) is 30.5. The molecule has 2 saturated carbocycles. The van der Waals surface area contributed by atoms with Crippen LogP contribution in [-0.4, -0.2) is 47.8 Å². The second kappa shape index (κ2) is 13.0. The molecule has 9 heteroatoms. The Morgan fingerprint density at radius 3 is 1.86 bits per heavy atom. The molecular formula is C34H36N2O7. The van der Waals surface area contributed by atoms with Crippen molar-refractivity contribution in [2.24, 2.45) is 18.9 Å². The molecule has 0 saturated heterocycles. The molecule has 6 rings (SSSR count).